The van der Waals surface area contributed by atoms with E-state index in [4.69, 9.17) is 9.72 Å². The van der Waals surface area contributed by atoms with Gasteiger partial charge in [-0.2, -0.15) is 0 Å². The second kappa shape index (κ2) is 6.67. The number of ether oxygens (including phenoxy) is 1. The Kier molecular flexibility index (Phi) is 4.64. The van der Waals surface area contributed by atoms with E-state index in [9.17, 15) is 5.11 Å². The number of aryl methyl sites for hydroxylation is 1. The summed E-state index contributed by atoms with van der Waals surface area (Å²) >= 11 is 1.83. The van der Waals surface area contributed by atoms with Crippen LogP contribution in [0.5, 0.6) is 5.75 Å². The molecule has 0 aliphatic heterocycles. The fraction of sp³-hybridized carbons (Fsp3) is 0.471. The summed E-state index contributed by atoms with van der Waals surface area (Å²) in [6.07, 6.45) is 3.54. The van der Waals surface area contributed by atoms with Crippen molar-refractivity contribution in [2.45, 2.75) is 39.3 Å². The molecule has 118 valence electrons. The third-order valence-electron chi connectivity index (χ3n) is 4.12. The molecule has 1 heterocycles. The van der Waals surface area contributed by atoms with Gasteiger partial charge in [0.05, 0.1) is 26.0 Å². The predicted octanol–water partition coefficient (Wildman–Crippen LogP) is 3.38. The molecule has 1 aliphatic carbocycles. The van der Waals surface area contributed by atoms with Gasteiger partial charge in [0.1, 0.15) is 10.8 Å². The van der Waals surface area contributed by atoms with Gasteiger partial charge in [-0.1, -0.05) is 6.92 Å². The molecule has 0 radical (unpaired) electrons. The summed E-state index contributed by atoms with van der Waals surface area (Å²) in [6, 6.07) is 5.77. The number of rotatable bonds is 5. The van der Waals surface area contributed by atoms with Crippen LogP contribution in [0.15, 0.2) is 18.2 Å². The van der Waals surface area contributed by atoms with E-state index in [1.165, 1.54) is 23.4 Å². The van der Waals surface area contributed by atoms with Crippen LogP contribution in [0.1, 0.15) is 34.5 Å². The summed E-state index contributed by atoms with van der Waals surface area (Å²) in [7, 11) is 1.61. The fourth-order valence-corrected chi connectivity index (χ4v) is 4.08. The summed E-state index contributed by atoms with van der Waals surface area (Å²) in [4.78, 5) is 6.22. The quantitative estimate of drug-likeness (QED) is 0.887. The number of fused-ring (bicyclic) bond motifs is 1. The number of nitrogens with zero attached hydrogens (tertiary/aromatic N) is 1. The van der Waals surface area contributed by atoms with Crippen LogP contribution in [0, 0.1) is 5.92 Å². The average Bonchev–Trinajstić information content (AvgIpc) is 2.94. The molecule has 0 saturated carbocycles. The minimum absolute atomic E-state index is 0.0257. The lowest BCUT2D eigenvalue weighted by Crippen LogP contribution is -2.09. The summed E-state index contributed by atoms with van der Waals surface area (Å²) < 4.78 is 5.22. The predicted molar refractivity (Wildman–Crippen MR) is 89.5 cm³/mol. The normalized spacial score (nSPS) is 17.1. The van der Waals surface area contributed by atoms with Gasteiger partial charge in [0, 0.05) is 16.1 Å². The summed E-state index contributed by atoms with van der Waals surface area (Å²) in [5, 5.41) is 13.9. The minimum Gasteiger partial charge on any atom is -0.496 e. The molecule has 0 spiro atoms. The van der Waals surface area contributed by atoms with Crippen molar-refractivity contribution in [2.75, 3.05) is 12.4 Å². The SMILES string of the molecule is COc1ccc(NCc2nc3c(s2)CC(C)CC3)cc1CO. The Morgan fingerprint density at radius 1 is 1.45 bits per heavy atom. The van der Waals surface area contributed by atoms with Crippen molar-refractivity contribution >= 4 is 17.0 Å². The van der Waals surface area contributed by atoms with Gasteiger partial charge in [-0.05, 0) is 43.4 Å². The standard InChI is InChI=1S/C17H22N2O2S/c1-11-3-5-14-16(7-11)22-17(19-14)9-18-13-4-6-15(21-2)12(8-13)10-20/h4,6,8,11,18,20H,3,5,7,9-10H2,1-2H3. The van der Waals surface area contributed by atoms with Crippen LogP contribution in [0.4, 0.5) is 5.69 Å². The highest BCUT2D eigenvalue weighted by molar-refractivity contribution is 7.11. The van der Waals surface area contributed by atoms with Crippen LogP contribution in [0.2, 0.25) is 0 Å². The number of anilines is 1. The Bertz CT molecular complexity index is 654. The highest BCUT2D eigenvalue weighted by Gasteiger charge is 2.19. The van der Waals surface area contributed by atoms with Crippen molar-refractivity contribution in [1.29, 1.82) is 0 Å². The molecule has 22 heavy (non-hydrogen) atoms. The number of aliphatic hydroxyl groups excluding tert-OH is 1. The van der Waals surface area contributed by atoms with Crippen LogP contribution in [0.3, 0.4) is 0 Å². The Labute approximate surface area is 135 Å². The molecule has 2 aromatic rings. The zero-order chi connectivity index (χ0) is 15.5. The molecule has 1 unspecified atom stereocenters. The number of hydrogen-bond acceptors (Lipinski definition) is 5. The first-order valence-corrected chi connectivity index (χ1v) is 8.50. The van der Waals surface area contributed by atoms with Crippen LogP contribution < -0.4 is 10.1 Å². The summed E-state index contributed by atoms with van der Waals surface area (Å²) in [5.41, 5.74) is 3.07. The number of aromatic nitrogens is 1. The Morgan fingerprint density at radius 3 is 3.09 bits per heavy atom. The smallest absolute Gasteiger partial charge is 0.124 e. The zero-order valence-corrected chi connectivity index (χ0v) is 13.9. The first-order chi connectivity index (χ1) is 10.7. The van der Waals surface area contributed by atoms with Crippen molar-refractivity contribution in [2.24, 2.45) is 5.92 Å². The third-order valence-corrected chi connectivity index (χ3v) is 5.24. The highest BCUT2D eigenvalue weighted by atomic mass is 32.1. The number of aliphatic hydroxyl groups is 1. The highest BCUT2D eigenvalue weighted by Crippen LogP contribution is 2.30. The van der Waals surface area contributed by atoms with Crippen LogP contribution in [0.25, 0.3) is 0 Å². The van der Waals surface area contributed by atoms with Crippen LogP contribution in [-0.2, 0) is 26.0 Å². The minimum atomic E-state index is -0.0257. The van der Waals surface area contributed by atoms with E-state index < -0.39 is 0 Å². The molecular weight excluding hydrogens is 296 g/mol. The van der Waals surface area contributed by atoms with Gasteiger partial charge in [-0.3, -0.25) is 0 Å². The number of nitrogens with one attached hydrogen (secondary N) is 1. The Hall–Kier alpha value is -1.59. The first-order valence-electron chi connectivity index (χ1n) is 7.68. The number of methoxy groups -OCH3 is 1. The molecule has 4 nitrogen and oxygen atoms in total. The van der Waals surface area contributed by atoms with Gasteiger partial charge >= 0.3 is 0 Å². The van der Waals surface area contributed by atoms with Gasteiger partial charge in [0.15, 0.2) is 0 Å². The fourth-order valence-electron chi connectivity index (χ4n) is 2.86. The average molecular weight is 318 g/mol. The second-order valence-electron chi connectivity index (χ2n) is 5.86. The van der Waals surface area contributed by atoms with Crippen molar-refractivity contribution < 1.29 is 9.84 Å². The van der Waals surface area contributed by atoms with Gasteiger partial charge in [0.2, 0.25) is 0 Å². The number of thiazole rings is 1. The topological polar surface area (TPSA) is 54.4 Å². The molecule has 2 N–H and O–H groups in total. The Morgan fingerprint density at radius 2 is 2.32 bits per heavy atom. The van der Waals surface area contributed by atoms with Crippen LogP contribution >= 0.6 is 11.3 Å². The van der Waals surface area contributed by atoms with E-state index >= 15 is 0 Å². The number of hydrogen-bond donors (Lipinski definition) is 2. The van der Waals surface area contributed by atoms with Gasteiger partial charge < -0.3 is 15.2 Å². The maximum Gasteiger partial charge on any atom is 0.124 e. The van der Waals surface area contributed by atoms with E-state index in [0.29, 0.717) is 5.75 Å². The molecule has 1 aromatic carbocycles. The van der Waals surface area contributed by atoms with E-state index in [2.05, 4.69) is 12.2 Å². The first kappa shape index (κ1) is 15.3. The van der Waals surface area contributed by atoms with Gasteiger partial charge in [-0.25, -0.2) is 4.98 Å². The molecule has 0 saturated heterocycles. The number of benzene rings is 1. The lowest BCUT2D eigenvalue weighted by atomic mass is 9.93. The molecule has 3 rings (SSSR count). The monoisotopic (exact) mass is 318 g/mol. The van der Waals surface area contributed by atoms with E-state index in [0.717, 1.165) is 35.1 Å². The van der Waals surface area contributed by atoms with E-state index in [-0.39, 0.29) is 6.61 Å². The van der Waals surface area contributed by atoms with Crippen LogP contribution in [-0.4, -0.2) is 17.2 Å². The molecule has 0 bridgehead atoms. The van der Waals surface area contributed by atoms with Gasteiger partial charge in [0.25, 0.3) is 0 Å². The van der Waals surface area contributed by atoms with Gasteiger partial charge in [-0.15, -0.1) is 11.3 Å². The van der Waals surface area contributed by atoms with Crippen molar-refractivity contribution in [3.8, 4) is 5.75 Å². The van der Waals surface area contributed by atoms with Crippen molar-refractivity contribution in [3.63, 3.8) is 0 Å². The van der Waals surface area contributed by atoms with E-state index in [1.54, 1.807) is 7.11 Å². The molecule has 1 aliphatic rings. The van der Waals surface area contributed by atoms with Crippen molar-refractivity contribution in [1.82, 2.24) is 4.98 Å². The summed E-state index contributed by atoms with van der Waals surface area (Å²) in [5.74, 6) is 1.49. The maximum absolute atomic E-state index is 9.38. The molecular formula is C17H22N2O2S. The van der Waals surface area contributed by atoms with Crippen molar-refractivity contribution in [3.05, 3.63) is 39.3 Å². The molecule has 5 heteroatoms. The Balaban J connectivity index is 1.68. The third kappa shape index (κ3) is 3.25. The molecule has 0 fully saturated rings. The summed E-state index contributed by atoms with van der Waals surface area (Å²) in [6.45, 7) is 3.01. The second-order valence-corrected chi connectivity index (χ2v) is 7.03. The lowest BCUT2D eigenvalue weighted by molar-refractivity contribution is 0.274. The molecule has 1 atom stereocenters. The lowest BCUT2D eigenvalue weighted by Gasteiger charge is -2.15. The maximum atomic E-state index is 9.38. The largest absolute Gasteiger partial charge is 0.496 e. The molecule has 0 amide bonds. The van der Waals surface area contributed by atoms with E-state index in [1.807, 2.05) is 29.5 Å². The zero-order valence-electron chi connectivity index (χ0n) is 13.1. The molecule has 1 aromatic heterocycles.